The highest BCUT2D eigenvalue weighted by Gasteiger charge is 2.29. The summed E-state index contributed by atoms with van der Waals surface area (Å²) in [7, 11) is 1.77. The fourth-order valence-corrected chi connectivity index (χ4v) is 5.33. The number of hydrogen-bond acceptors (Lipinski definition) is 5. The zero-order chi connectivity index (χ0) is 20.5. The lowest BCUT2D eigenvalue weighted by molar-refractivity contribution is 0.120. The quantitative estimate of drug-likeness (QED) is 0.748. The molecule has 0 N–H and O–H groups in total. The van der Waals surface area contributed by atoms with Crippen LogP contribution < -0.4 is 9.64 Å². The SMILES string of the molecule is CCc1nc(-c2cc3c(cc2OC)CCC3)c2nc1N1CCCCCC1COCC2. The van der Waals surface area contributed by atoms with Crippen LogP contribution in [0.4, 0.5) is 5.82 Å². The van der Waals surface area contributed by atoms with Gasteiger partial charge in [0.25, 0.3) is 0 Å². The summed E-state index contributed by atoms with van der Waals surface area (Å²) in [5.41, 5.74) is 7.08. The summed E-state index contributed by atoms with van der Waals surface area (Å²) in [6.45, 7) is 4.74. The van der Waals surface area contributed by atoms with Gasteiger partial charge in [0.05, 0.1) is 43.4 Å². The summed E-state index contributed by atoms with van der Waals surface area (Å²) >= 11 is 0. The van der Waals surface area contributed by atoms with Crippen molar-refractivity contribution in [1.82, 2.24) is 9.97 Å². The number of fused-ring (bicyclic) bond motifs is 5. The molecule has 3 heterocycles. The zero-order valence-electron chi connectivity index (χ0n) is 18.4. The van der Waals surface area contributed by atoms with Gasteiger partial charge in [-0.25, -0.2) is 9.97 Å². The third kappa shape index (κ3) is 3.58. The summed E-state index contributed by atoms with van der Waals surface area (Å²) in [5.74, 6) is 2.01. The largest absolute Gasteiger partial charge is 0.496 e. The summed E-state index contributed by atoms with van der Waals surface area (Å²) in [4.78, 5) is 13.0. The number of methoxy groups -OCH3 is 1. The van der Waals surface area contributed by atoms with E-state index in [1.165, 1.54) is 43.2 Å². The van der Waals surface area contributed by atoms with Crippen LogP contribution >= 0.6 is 0 Å². The molecule has 1 aliphatic carbocycles. The molecule has 2 aromatic rings. The van der Waals surface area contributed by atoms with Crippen LogP contribution in [0.1, 0.15) is 61.5 Å². The minimum atomic E-state index is 0.415. The normalized spacial score (nSPS) is 21.1. The Hall–Kier alpha value is -2.14. The maximum Gasteiger partial charge on any atom is 0.151 e. The Balaban J connectivity index is 1.65. The average Bonchev–Trinajstić information content (AvgIpc) is 3.13. The first-order valence-corrected chi connectivity index (χ1v) is 11.7. The Labute approximate surface area is 179 Å². The van der Waals surface area contributed by atoms with Crippen molar-refractivity contribution in [3.05, 3.63) is 34.6 Å². The number of ether oxygens (including phenoxy) is 2. The van der Waals surface area contributed by atoms with Crippen molar-refractivity contribution in [3.8, 4) is 17.0 Å². The van der Waals surface area contributed by atoms with Crippen LogP contribution in [0.2, 0.25) is 0 Å². The minimum absolute atomic E-state index is 0.415. The maximum atomic E-state index is 6.14. The first kappa shape index (κ1) is 19.8. The van der Waals surface area contributed by atoms with Crippen LogP contribution in [-0.4, -0.2) is 42.9 Å². The van der Waals surface area contributed by atoms with E-state index in [9.17, 15) is 0 Å². The lowest BCUT2D eigenvalue weighted by atomic mass is 10.00. The smallest absolute Gasteiger partial charge is 0.151 e. The average molecular weight is 408 g/mol. The molecule has 1 unspecified atom stereocenters. The minimum Gasteiger partial charge on any atom is -0.496 e. The van der Waals surface area contributed by atoms with E-state index >= 15 is 0 Å². The Morgan fingerprint density at radius 3 is 2.77 bits per heavy atom. The summed E-state index contributed by atoms with van der Waals surface area (Å²) in [6.07, 6.45) is 10.2. The van der Waals surface area contributed by atoms with Gasteiger partial charge < -0.3 is 14.4 Å². The van der Waals surface area contributed by atoms with Crippen molar-refractivity contribution >= 4 is 5.82 Å². The monoisotopic (exact) mass is 407 g/mol. The van der Waals surface area contributed by atoms with E-state index < -0.39 is 0 Å². The van der Waals surface area contributed by atoms with Crippen LogP contribution in [-0.2, 0) is 30.4 Å². The van der Waals surface area contributed by atoms with Crippen LogP contribution in [0, 0.1) is 0 Å². The van der Waals surface area contributed by atoms with Gasteiger partial charge in [-0.05, 0) is 61.8 Å². The molecule has 0 saturated carbocycles. The molecule has 3 aliphatic rings. The standard InChI is InChI=1S/C25H33N3O2/c1-3-21-25-27-22(11-13-30-16-19-10-5-4-6-12-28(19)25)24(26-21)20-14-17-8-7-9-18(17)15-23(20)29-2/h14-15,19H,3-13,16H2,1-2H3. The molecule has 1 saturated heterocycles. The third-order valence-corrected chi connectivity index (χ3v) is 6.97. The Morgan fingerprint density at radius 2 is 1.93 bits per heavy atom. The van der Waals surface area contributed by atoms with Gasteiger partial charge in [0.15, 0.2) is 5.82 Å². The van der Waals surface area contributed by atoms with E-state index in [0.717, 1.165) is 73.0 Å². The van der Waals surface area contributed by atoms with Gasteiger partial charge in [0.2, 0.25) is 0 Å². The van der Waals surface area contributed by atoms with Crippen molar-refractivity contribution in [2.75, 3.05) is 31.8 Å². The van der Waals surface area contributed by atoms with E-state index in [1.807, 2.05) is 0 Å². The number of anilines is 1. The molecular weight excluding hydrogens is 374 g/mol. The molecule has 0 amide bonds. The second kappa shape index (κ2) is 8.54. The number of hydrogen-bond donors (Lipinski definition) is 0. The Morgan fingerprint density at radius 1 is 1.07 bits per heavy atom. The molecule has 0 radical (unpaired) electrons. The van der Waals surface area contributed by atoms with Gasteiger partial charge in [0, 0.05) is 18.5 Å². The van der Waals surface area contributed by atoms with Crippen LogP contribution in [0.5, 0.6) is 5.75 Å². The molecule has 5 heteroatoms. The summed E-state index contributed by atoms with van der Waals surface area (Å²) in [6, 6.07) is 4.95. The second-order valence-corrected chi connectivity index (χ2v) is 8.84. The Kier molecular flexibility index (Phi) is 5.64. The molecule has 1 aromatic carbocycles. The van der Waals surface area contributed by atoms with Crippen molar-refractivity contribution in [2.45, 2.75) is 70.8 Å². The van der Waals surface area contributed by atoms with E-state index in [-0.39, 0.29) is 0 Å². The molecule has 0 spiro atoms. The van der Waals surface area contributed by atoms with Gasteiger partial charge in [0.1, 0.15) is 5.75 Å². The number of rotatable bonds is 3. The van der Waals surface area contributed by atoms with E-state index in [1.54, 1.807) is 7.11 Å². The van der Waals surface area contributed by atoms with Crippen molar-refractivity contribution in [3.63, 3.8) is 0 Å². The molecule has 2 aliphatic heterocycles. The molecule has 1 fully saturated rings. The number of nitrogens with zero attached hydrogens (tertiary/aromatic N) is 3. The predicted octanol–water partition coefficient (Wildman–Crippen LogP) is 4.53. The molecule has 5 rings (SSSR count). The molecule has 160 valence electrons. The lowest BCUT2D eigenvalue weighted by Gasteiger charge is -2.31. The first-order chi connectivity index (χ1) is 14.8. The van der Waals surface area contributed by atoms with E-state index in [2.05, 4.69) is 24.0 Å². The number of benzene rings is 1. The van der Waals surface area contributed by atoms with Gasteiger partial charge >= 0.3 is 0 Å². The number of aryl methyl sites for hydroxylation is 3. The highest BCUT2D eigenvalue weighted by atomic mass is 16.5. The van der Waals surface area contributed by atoms with Gasteiger partial charge in [-0.15, -0.1) is 0 Å². The predicted molar refractivity (Wildman–Crippen MR) is 120 cm³/mol. The van der Waals surface area contributed by atoms with Gasteiger partial charge in [-0.3, -0.25) is 0 Å². The fourth-order valence-electron chi connectivity index (χ4n) is 5.33. The van der Waals surface area contributed by atoms with Gasteiger partial charge in [-0.1, -0.05) is 19.8 Å². The number of aromatic nitrogens is 2. The summed E-state index contributed by atoms with van der Waals surface area (Å²) in [5, 5.41) is 0. The summed E-state index contributed by atoms with van der Waals surface area (Å²) < 4.78 is 12.0. The first-order valence-electron chi connectivity index (χ1n) is 11.7. The van der Waals surface area contributed by atoms with E-state index in [4.69, 9.17) is 19.4 Å². The van der Waals surface area contributed by atoms with Crippen LogP contribution in [0.25, 0.3) is 11.3 Å². The molecule has 5 nitrogen and oxygen atoms in total. The fraction of sp³-hybridized carbons (Fsp3) is 0.600. The lowest BCUT2D eigenvalue weighted by Crippen LogP contribution is -2.39. The Bertz CT molecular complexity index is 927. The molecule has 30 heavy (non-hydrogen) atoms. The highest BCUT2D eigenvalue weighted by Crippen LogP contribution is 2.38. The molecule has 2 bridgehead atoms. The maximum absolute atomic E-state index is 6.14. The molecular formula is C25H33N3O2. The van der Waals surface area contributed by atoms with Crippen molar-refractivity contribution < 1.29 is 9.47 Å². The topological polar surface area (TPSA) is 47.5 Å². The van der Waals surface area contributed by atoms with Crippen LogP contribution in [0.15, 0.2) is 12.1 Å². The molecule has 1 aromatic heterocycles. The van der Waals surface area contributed by atoms with Crippen molar-refractivity contribution in [1.29, 1.82) is 0 Å². The van der Waals surface area contributed by atoms with Crippen LogP contribution in [0.3, 0.4) is 0 Å². The molecule has 1 atom stereocenters. The van der Waals surface area contributed by atoms with Gasteiger partial charge in [-0.2, -0.15) is 0 Å². The second-order valence-electron chi connectivity index (χ2n) is 8.84. The van der Waals surface area contributed by atoms with E-state index in [0.29, 0.717) is 12.6 Å². The van der Waals surface area contributed by atoms with Crippen molar-refractivity contribution in [2.24, 2.45) is 0 Å². The third-order valence-electron chi connectivity index (χ3n) is 6.97. The highest BCUT2D eigenvalue weighted by molar-refractivity contribution is 5.72. The zero-order valence-corrected chi connectivity index (χ0v) is 18.4.